The first kappa shape index (κ1) is 17.6. The third-order valence-electron chi connectivity index (χ3n) is 3.87. The lowest BCUT2D eigenvalue weighted by Gasteiger charge is -2.36. The van der Waals surface area contributed by atoms with Gasteiger partial charge in [-0.3, -0.25) is 0 Å². The number of benzene rings is 1. The van der Waals surface area contributed by atoms with Gasteiger partial charge in [-0.05, 0) is 38.8 Å². The molecule has 0 fully saturated rings. The van der Waals surface area contributed by atoms with Crippen molar-refractivity contribution in [2.45, 2.75) is 63.3 Å². The maximum atomic E-state index is 13.1. The first-order valence-electron chi connectivity index (χ1n) is 8.04. The van der Waals surface area contributed by atoms with Crippen LogP contribution in [0.5, 0.6) is 0 Å². The Balaban J connectivity index is 2.28. The van der Waals surface area contributed by atoms with E-state index in [1.165, 1.54) is 0 Å². The predicted octanol–water partition coefficient (Wildman–Crippen LogP) is 5.00. The molecular weight excluding hydrogens is 312 g/mol. The minimum Gasteiger partial charge on any atom is -0.235 e. The van der Waals surface area contributed by atoms with Crippen molar-refractivity contribution in [1.82, 2.24) is 9.29 Å². The number of aromatic nitrogens is 1. The van der Waals surface area contributed by atoms with E-state index in [9.17, 15) is 4.21 Å². The fourth-order valence-electron chi connectivity index (χ4n) is 2.57. The van der Waals surface area contributed by atoms with Gasteiger partial charge < -0.3 is 0 Å². The Morgan fingerprint density at radius 2 is 1.95 bits per heavy atom. The molecule has 1 atom stereocenters. The SMILES string of the molecule is CCCCC(C)(C)N(CCC)S(=O)c1nc2ccccc2s1. The quantitative estimate of drug-likeness (QED) is 0.678. The molecule has 0 spiro atoms. The zero-order valence-electron chi connectivity index (χ0n) is 14.0. The van der Waals surface area contributed by atoms with Crippen molar-refractivity contribution in [2.24, 2.45) is 0 Å². The van der Waals surface area contributed by atoms with Gasteiger partial charge in [0.05, 0.1) is 10.2 Å². The molecule has 0 amide bonds. The maximum Gasteiger partial charge on any atom is 0.197 e. The summed E-state index contributed by atoms with van der Waals surface area (Å²) in [4.78, 5) is 4.59. The molecule has 1 aromatic carbocycles. The summed E-state index contributed by atoms with van der Waals surface area (Å²) in [6, 6.07) is 8.00. The zero-order valence-corrected chi connectivity index (χ0v) is 15.6. The van der Waals surface area contributed by atoms with Crippen molar-refractivity contribution in [3.05, 3.63) is 24.3 Å². The van der Waals surface area contributed by atoms with Gasteiger partial charge >= 0.3 is 0 Å². The molecule has 3 nitrogen and oxygen atoms in total. The molecule has 0 N–H and O–H groups in total. The summed E-state index contributed by atoms with van der Waals surface area (Å²) < 4.78 is 17.1. The number of unbranched alkanes of at least 4 members (excludes halogenated alkanes) is 1. The van der Waals surface area contributed by atoms with Gasteiger partial charge in [0.1, 0.15) is 0 Å². The zero-order chi connectivity index (χ0) is 16.2. The van der Waals surface area contributed by atoms with Crippen LogP contribution in [0.15, 0.2) is 28.6 Å². The smallest absolute Gasteiger partial charge is 0.197 e. The van der Waals surface area contributed by atoms with Gasteiger partial charge in [0.15, 0.2) is 15.3 Å². The molecule has 5 heteroatoms. The minimum absolute atomic E-state index is 0.0747. The third kappa shape index (κ3) is 3.94. The Bertz CT molecular complexity index is 603. The van der Waals surface area contributed by atoms with E-state index >= 15 is 0 Å². The Kier molecular flexibility index (Phi) is 6.12. The number of nitrogens with zero attached hydrogens (tertiary/aromatic N) is 2. The largest absolute Gasteiger partial charge is 0.235 e. The average molecular weight is 339 g/mol. The molecule has 0 aliphatic rings. The number of para-hydroxylation sites is 1. The second kappa shape index (κ2) is 7.66. The van der Waals surface area contributed by atoms with Crippen LogP contribution in [0.2, 0.25) is 0 Å². The summed E-state index contributed by atoms with van der Waals surface area (Å²) in [6.45, 7) is 9.57. The molecule has 0 radical (unpaired) electrons. The van der Waals surface area contributed by atoms with Crippen molar-refractivity contribution < 1.29 is 4.21 Å². The van der Waals surface area contributed by atoms with E-state index < -0.39 is 11.0 Å². The van der Waals surface area contributed by atoms with Crippen LogP contribution in [0.3, 0.4) is 0 Å². The first-order valence-corrected chi connectivity index (χ1v) is 9.97. The highest BCUT2D eigenvalue weighted by molar-refractivity contribution is 7.85. The van der Waals surface area contributed by atoms with Crippen LogP contribution in [0.1, 0.15) is 53.4 Å². The van der Waals surface area contributed by atoms with Gasteiger partial charge in [0.25, 0.3) is 0 Å². The molecule has 0 saturated carbocycles. The lowest BCUT2D eigenvalue weighted by Crippen LogP contribution is -2.45. The molecule has 22 heavy (non-hydrogen) atoms. The molecule has 0 aliphatic carbocycles. The van der Waals surface area contributed by atoms with Gasteiger partial charge in [-0.1, -0.05) is 38.8 Å². The molecule has 2 aromatic rings. The monoisotopic (exact) mass is 338 g/mol. The number of fused-ring (bicyclic) bond motifs is 1. The van der Waals surface area contributed by atoms with Crippen LogP contribution < -0.4 is 0 Å². The molecule has 1 heterocycles. The van der Waals surface area contributed by atoms with Crippen molar-refractivity contribution >= 4 is 32.5 Å². The van der Waals surface area contributed by atoms with Gasteiger partial charge in [-0.2, -0.15) is 0 Å². The van der Waals surface area contributed by atoms with E-state index in [1.807, 2.05) is 24.3 Å². The lowest BCUT2D eigenvalue weighted by atomic mass is 9.97. The average Bonchev–Trinajstić information content (AvgIpc) is 2.94. The van der Waals surface area contributed by atoms with Crippen LogP contribution in [0.25, 0.3) is 10.2 Å². The molecule has 0 aliphatic heterocycles. The van der Waals surface area contributed by atoms with Crippen LogP contribution >= 0.6 is 11.3 Å². The second-order valence-corrected chi connectivity index (χ2v) is 8.83. The van der Waals surface area contributed by atoms with E-state index in [2.05, 4.69) is 37.0 Å². The van der Waals surface area contributed by atoms with Crippen molar-refractivity contribution in [3.8, 4) is 0 Å². The summed E-state index contributed by atoms with van der Waals surface area (Å²) in [5.41, 5.74) is 0.869. The Labute approximate surface area is 140 Å². The van der Waals surface area contributed by atoms with Gasteiger partial charge in [-0.25, -0.2) is 13.5 Å². The Morgan fingerprint density at radius 3 is 2.59 bits per heavy atom. The van der Waals surface area contributed by atoms with Gasteiger partial charge in [0, 0.05) is 12.1 Å². The molecule has 0 saturated heterocycles. The van der Waals surface area contributed by atoms with Crippen LogP contribution in [-0.4, -0.2) is 25.6 Å². The highest BCUT2D eigenvalue weighted by Crippen LogP contribution is 2.30. The van der Waals surface area contributed by atoms with Crippen LogP contribution in [0, 0.1) is 0 Å². The Morgan fingerprint density at radius 1 is 1.23 bits per heavy atom. The first-order chi connectivity index (χ1) is 10.5. The molecule has 1 aromatic heterocycles. The number of rotatable bonds is 8. The van der Waals surface area contributed by atoms with Crippen molar-refractivity contribution in [2.75, 3.05) is 6.54 Å². The number of hydrogen-bond acceptors (Lipinski definition) is 3. The summed E-state index contributed by atoms with van der Waals surface area (Å²) in [5.74, 6) is 0. The molecular formula is C17H26N2OS2. The second-order valence-electron chi connectivity index (χ2n) is 6.21. The Hall–Kier alpha value is -0.780. The fourth-order valence-corrected chi connectivity index (χ4v) is 5.34. The van der Waals surface area contributed by atoms with E-state index in [0.717, 1.165) is 46.8 Å². The van der Waals surface area contributed by atoms with E-state index in [4.69, 9.17) is 0 Å². The third-order valence-corrected chi connectivity index (χ3v) is 6.84. The molecule has 0 bridgehead atoms. The molecule has 1 unspecified atom stereocenters. The lowest BCUT2D eigenvalue weighted by molar-refractivity contribution is 0.218. The topological polar surface area (TPSA) is 33.2 Å². The number of hydrogen-bond donors (Lipinski definition) is 0. The van der Waals surface area contributed by atoms with Crippen molar-refractivity contribution in [1.29, 1.82) is 0 Å². The highest BCUT2D eigenvalue weighted by Gasteiger charge is 2.32. The highest BCUT2D eigenvalue weighted by atomic mass is 32.2. The van der Waals surface area contributed by atoms with Crippen molar-refractivity contribution in [3.63, 3.8) is 0 Å². The van der Waals surface area contributed by atoms with E-state index in [1.54, 1.807) is 11.3 Å². The molecule has 122 valence electrons. The van der Waals surface area contributed by atoms with Gasteiger partial charge in [0.2, 0.25) is 0 Å². The predicted molar refractivity (Wildman–Crippen MR) is 96.6 cm³/mol. The summed E-state index contributed by atoms with van der Waals surface area (Å²) >= 11 is 1.55. The van der Waals surface area contributed by atoms with E-state index in [0.29, 0.717) is 0 Å². The number of thiazole rings is 1. The van der Waals surface area contributed by atoms with E-state index in [-0.39, 0.29) is 5.54 Å². The summed E-state index contributed by atoms with van der Waals surface area (Å²) in [6.07, 6.45) is 4.37. The fraction of sp³-hybridized carbons (Fsp3) is 0.588. The summed E-state index contributed by atoms with van der Waals surface area (Å²) in [5, 5.41) is 0. The van der Waals surface area contributed by atoms with Gasteiger partial charge in [-0.15, -0.1) is 11.3 Å². The standard InChI is InChI=1S/C17H26N2OS2/c1-5-7-12-17(3,4)19(13-6-2)22(20)16-18-14-10-8-9-11-15(14)21-16/h8-11H,5-7,12-13H2,1-4H3. The van der Waals surface area contributed by atoms with Crippen LogP contribution in [0.4, 0.5) is 0 Å². The minimum atomic E-state index is -1.19. The molecule has 2 rings (SSSR count). The van der Waals surface area contributed by atoms with Crippen LogP contribution in [-0.2, 0) is 11.0 Å². The normalized spacial score (nSPS) is 13.9. The maximum absolute atomic E-state index is 13.1. The summed E-state index contributed by atoms with van der Waals surface area (Å²) in [7, 11) is -1.19.